The van der Waals surface area contributed by atoms with Crippen molar-refractivity contribution < 1.29 is 4.74 Å². The van der Waals surface area contributed by atoms with Crippen LogP contribution in [0.15, 0.2) is 46.9 Å². The Kier molecular flexibility index (Phi) is 3.33. The summed E-state index contributed by atoms with van der Waals surface area (Å²) in [6, 6.07) is 14.5. The Labute approximate surface area is 121 Å². The molecule has 3 heteroatoms. The molecule has 98 valence electrons. The average Bonchev–Trinajstić information content (AvgIpc) is 2.40. The molecule has 0 saturated carbocycles. The molecule has 19 heavy (non-hydrogen) atoms. The standard InChI is InChI=1S/C16H16BrNO/c1-10-2-4-11(5-3-10)16-9-14(18)13-8-12(17)6-7-15(13)19-16/h2-8,14,16H,9,18H2,1H3. The second kappa shape index (κ2) is 4.99. The Morgan fingerprint density at radius 1 is 1.16 bits per heavy atom. The predicted molar refractivity (Wildman–Crippen MR) is 80.2 cm³/mol. The highest BCUT2D eigenvalue weighted by Gasteiger charge is 2.27. The third kappa shape index (κ3) is 2.53. The highest BCUT2D eigenvalue weighted by Crippen LogP contribution is 2.40. The van der Waals surface area contributed by atoms with E-state index < -0.39 is 0 Å². The van der Waals surface area contributed by atoms with Crippen LogP contribution >= 0.6 is 15.9 Å². The number of aryl methyl sites for hydroxylation is 1. The second-order valence-electron chi connectivity index (χ2n) is 5.04. The van der Waals surface area contributed by atoms with E-state index in [2.05, 4.69) is 47.1 Å². The quantitative estimate of drug-likeness (QED) is 0.852. The van der Waals surface area contributed by atoms with Gasteiger partial charge in [-0.1, -0.05) is 45.8 Å². The summed E-state index contributed by atoms with van der Waals surface area (Å²) in [6.07, 6.45) is 0.858. The fourth-order valence-corrected chi connectivity index (χ4v) is 2.84. The summed E-state index contributed by atoms with van der Waals surface area (Å²) in [5, 5.41) is 0. The highest BCUT2D eigenvalue weighted by molar-refractivity contribution is 9.10. The van der Waals surface area contributed by atoms with Gasteiger partial charge in [-0.3, -0.25) is 0 Å². The van der Waals surface area contributed by atoms with E-state index in [-0.39, 0.29) is 12.1 Å². The van der Waals surface area contributed by atoms with Crippen molar-refractivity contribution in [3.63, 3.8) is 0 Å². The zero-order chi connectivity index (χ0) is 13.4. The van der Waals surface area contributed by atoms with Crippen molar-refractivity contribution >= 4 is 15.9 Å². The number of fused-ring (bicyclic) bond motifs is 1. The summed E-state index contributed by atoms with van der Waals surface area (Å²) in [4.78, 5) is 0. The molecule has 2 N–H and O–H groups in total. The van der Waals surface area contributed by atoms with Crippen LogP contribution in [0.2, 0.25) is 0 Å². The largest absolute Gasteiger partial charge is 0.485 e. The number of hydrogen-bond donors (Lipinski definition) is 1. The summed E-state index contributed by atoms with van der Waals surface area (Å²) in [5.74, 6) is 0.896. The van der Waals surface area contributed by atoms with Gasteiger partial charge in [-0.05, 0) is 30.7 Å². The van der Waals surface area contributed by atoms with Gasteiger partial charge in [0.25, 0.3) is 0 Å². The minimum Gasteiger partial charge on any atom is -0.485 e. The zero-order valence-corrected chi connectivity index (χ0v) is 12.4. The number of rotatable bonds is 1. The van der Waals surface area contributed by atoms with Crippen LogP contribution in [0.4, 0.5) is 0 Å². The van der Waals surface area contributed by atoms with Gasteiger partial charge < -0.3 is 10.5 Å². The average molecular weight is 318 g/mol. The summed E-state index contributed by atoms with van der Waals surface area (Å²) in [7, 11) is 0. The molecular formula is C16H16BrNO. The van der Waals surface area contributed by atoms with Gasteiger partial charge in [-0.2, -0.15) is 0 Å². The van der Waals surface area contributed by atoms with E-state index in [1.54, 1.807) is 0 Å². The van der Waals surface area contributed by atoms with Crippen LogP contribution in [0.3, 0.4) is 0 Å². The van der Waals surface area contributed by atoms with Gasteiger partial charge in [0.1, 0.15) is 11.9 Å². The molecule has 2 aromatic carbocycles. The van der Waals surface area contributed by atoms with Gasteiger partial charge >= 0.3 is 0 Å². The van der Waals surface area contributed by atoms with Gasteiger partial charge in [0.15, 0.2) is 0 Å². The Bertz CT molecular complexity index is 594. The molecule has 2 nitrogen and oxygen atoms in total. The number of halogens is 1. The van der Waals surface area contributed by atoms with Crippen LogP contribution in [-0.2, 0) is 0 Å². The summed E-state index contributed by atoms with van der Waals surface area (Å²) < 4.78 is 7.12. The van der Waals surface area contributed by atoms with Crippen molar-refractivity contribution in [3.05, 3.63) is 63.6 Å². The number of nitrogens with two attached hydrogens (primary N) is 1. The van der Waals surface area contributed by atoms with Gasteiger partial charge in [0.2, 0.25) is 0 Å². The van der Waals surface area contributed by atoms with Crippen LogP contribution in [0.5, 0.6) is 5.75 Å². The Hall–Kier alpha value is -1.32. The Morgan fingerprint density at radius 2 is 1.89 bits per heavy atom. The van der Waals surface area contributed by atoms with Crippen LogP contribution in [0.25, 0.3) is 0 Å². The van der Waals surface area contributed by atoms with Gasteiger partial charge in [0.05, 0.1) is 0 Å². The fourth-order valence-electron chi connectivity index (χ4n) is 2.46. The topological polar surface area (TPSA) is 35.2 Å². The fraction of sp³-hybridized carbons (Fsp3) is 0.250. The molecule has 1 heterocycles. The van der Waals surface area contributed by atoms with Crippen molar-refractivity contribution in [2.24, 2.45) is 5.73 Å². The molecule has 0 aliphatic carbocycles. The third-order valence-electron chi connectivity index (χ3n) is 3.56. The SMILES string of the molecule is Cc1ccc(C2CC(N)c3cc(Br)ccc3O2)cc1. The maximum Gasteiger partial charge on any atom is 0.126 e. The van der Waals surface area contributed by atoms with Gasteiger partial charge in [0, 0.05) is 22.5 Å². The maximum atomic E-state index is 6.27. The van der Waals surface area contributed by atoms with Crippen molar-refractivity contribution in [2.75, 3.05) is 0 Å². The van der Waals surface area contributed by atoms with Crippen LogP contribution in [-0.4, -0.2) is 0 Å². The van der Waals surface area contributed by atoms with E-state index in [0.717, 1.165) is 22.2 Å². The zero-order valence-electron chi connectivity index (χ0n) is 10.8. The van der Waals surface area contributed by atoms with Crippen LogP contribution in [0.1, 0.15) is 35.3 Å². The van der Waals surface area contributed by atoms with E-state index in [1.165, 1.54) is 11.1 Å². The molecule has 0 saturated heterocycles. The van der Waals surface area contributed by atoms with E-state index in [1.807, 2.05) is 18.2 Å². The summed E-state index contributed by atoms with van der Waals surface area (Å²) in [6.45, 7) is 2.09. The molecule has 2 aromatic rings. The molecule has 0 aromatic heterocycles. The lowest BCUT2D eigenvalue weighted by atomic mass is 9.93. The third-order valence-corrected chi connectivity index (χ3v) is 4.05. The monoisotopic (exact) mass is 317 g/mol. The van der Waals surface area contributed by atoms with Gasteiger partial charge in [-0.15, -0.1) is 0 Å². The van der Waals surface area contributed by atoms with E-state index in [9.17, 15) is 0 Å². The van der Waals surface area contributed by atoms with Crippen molar-refractivity contribution in [1.29, 1.82) is 0 Å². The lowest BCUT2D eigenvalue weighted by Crippen LogP contribution is -2.24. The molecule has 2 atom stereocenters. The Morgan fingerprint density at radius 3 is 2.63 bits per heavy atom. The van der Waals surface area contributed by atoms with E-state index in [0.29, 0.717) is 0 Å². The molecule has 3 rings (SSSR count). The highest BCUT2D eigenvalue weighted by atomic mass is 79.9. The first-order valence-electron chi connectivity index (χ1n) is 6.42. The molecule has 0 bridgehead atoms. The number of hydrogen-bond acceptors (Lipinski definition) is 2. The first kappa shape index (κ1) is 12.7. The Balaban J connectivity index is 1.92. The molecule has 1 aliphatic rings. The lowest BCUT2D eigenvalue weighted by molar-refractivity contribution is 0.161. The molecule has 2 unspecified atom stereocenters. The predicted octanol–water partition coefficient (Wildman–Crippen LogP) is 4.28. The van der Waals surface area contributed by atoms with E-state index >= 15 is 0 Å². The molecule has 0 amide bonds. The van der Waals surface area contributed by atoms with E-state index in [4.69, 9.17) is 10.5 Å². The molecule has 0 radical (unpaired) electrons. The summed E-state index contributed by atoms with van der Waals surface area (Å²) in [5.41, 5.74) is 9.80. The molecular weight excluding hydrogens is 302 g/mol. The lowest BCUT2D eigenvalue weighted by Gasteiger charge is -2.30. The van der Waals surface area contributed by atoms with Crippen molar-refractivity contribution in [1.82, 2.24) is 0 Å². The van der Waals surface area contributed by atoms with Crippen molar-refractivity contribution in [3.8, 4) is 5.75 Å². The first-order chi connectivity index (χ1) is 9.13. The normalized spacial score (nSPS) is 21.6. The van der Waals surface area contributed by atoms with Crippen molar-refractivity contribution in [2.45, 2.75) is 25.5 Å². The first-order valence-corrected chi connectivity index (χ1v) is 7.21. The van der Waals surface area contributed by atoms with Crippen LogP contribution in [0, 0.1) is 6.92 Å². The van der Waals surface area contributed by atoms with Gasteiger partial charge in [-0.25, -0.2) is 0 Å². The second-order valence-corrected chi connectivity index (χ2v) is 5.96. The smallest absolute Gasteiger partial charge is 0.126 e. The number of benzene rings is 2. The molecule has 0 spiro atoms. The number of ether oxygens (including phenoxy) is 1. The minimum absolute atomic E-state index is 0.0209. The van der Waals surface area contributed by atoms with Crippen LogP contribution < -0.4 is 10.5 Å². The molecule has 1 aliphatic heterocycles. The summed E-state index contributed by atoms with van der Waals surface area (Å²) >= 11 is 3.47. The molecule has 0 fully saturated rings. The minimum atomic E-state index is 0.0209. The maximum absolute atomic E-state index is 6.27.